The van der Waals surface area contributed by atoms with Crippen LogP contribution in [0.4, 0.5) is 13.2 Å². The van der Waals surface area contributed by atoms with E-state index in [0.717, 1.165) is 11.6 Å². The van der Waals surface area contributed by atoms with Crippen LogP contribution >= 0.6 is 11.6 Å². The van der Waals surface area contributed by atoms with Gasteiger partial charge in [-0.2, -0.15) is 18.3 Å². The number of methoxy groups -OCH3 is 1. The Kier molecular flexibility index (Phi) is 4.96. The molecular formula is C22H16ClF3N2O. The van der Waals surface area contributed by atoms with Gasteiger partial charge in [0.05, 0.1) is 24.9 Å². The summed E-state index contributed by atoms with van der Waals surface area (Å²) in [5, 5.41) is 5.27. The van der Waals surface area contributed by atoms with E-state index in [1.165, 1.54) is 6.07 Å². The average Bonchev–Trinajstić information content (AvgIpc) is 3.05. The first kappa shape index (κ1) is 19.3. The van der Waals surface area contributed by atoms with Crippen molar-refractivity contribution in [3.05, 3.63) is 82.9 Å². The largest absolute Gasteiger partial charge is 0.497 e. The number of ether oxygens (including phenoxy) is 1. The third-order valence-corrected chi connectivity index (χ3v) is 4.88. The third kappa shape index (κ3) is 3.80. The van der Waals surface area contributed by atoms with Crippen LogP contribution in [0.5, 0.6) is 5.75 Å². The Morgan fingerprint density at radius 3 is 2.48 bits per heavy atom. The standard InChI is InChI=1S/C22H16ClF3N2O/c1-29-17-8-2-5-14(11-17)13-28-21(15-6-3-7-16(23)12-15)18-9-4-10-19(20(18)27-28)22(24,25)26/h2-12H,13H2,1H3. The van der Waals surface area contributed by atoms with Crippen LogP contribution in [0.15, 0.2) is 66.7 Å². The van der Waals surface area contributed by atoms with Gasteiger partial charge < -0.3 is 4.74 Å². The summed E-state index contributed by atoms with van der Waals surface area (Å²) in [7, 11) is 1.56. The molecule has 0 saturated carbocycles. The van der Waals surface area contributed by atoms with Gasteiger partial charge in [0.1, 0.15) is 11.3 Å². The van der Waals surface area contributed by atoms with Gasteiger partial charge in [-0.1, -0.05) is 48.0 Å². The Balaban J connectivity index is 1.95. The number of alkyl halides is 3. The van der Waals surface area contributed by atoms with E-state index in [1.807, 2.05) is 30.3 Å². The number of fused-ring (bicyclic) bond motifs is 1. The molecule has 3 aromatic carbocycles. The van der Waals surface area contributed by atoms with Gasteiger partial charge in [-0.15, -0.1) is 0 Å². The predicted octanol–water partition coefficient (Wildman–Crippen LogP) is 6.43. The van der Waals surface area contributed by atoms with Gasteiger partial charge in [0.25, 0.3) is 0 Å². The van der Waals surface area contributed by atoms with Crippen molar-refractivity contribution in [2.24, 2.45) is 0 Å². The molecule has 0 aliphatic carbocycles. The summed E-state index contributed by atoms with van der Waals surface area (Å²) in [6.07, 6.45) is -4.50. The van der Waals surface area contributed by atoms with Crippen molar-refractivity contribution in [2.45, 2.75) is 12.7 Å². The zero-order valence-corrected chi connectivity index (χ0v) is 16.1. The molecule has 0 atom stereocenters. The molecular weight excluding hydrogens is 401 g/mol. The maximum absolute atomic E-state index is 13.6. The molecule has 0 aliphatic heterocycles. The topological polar surface area (TPSA) is 27.1 Å². The minimum absolute atomic E-state index is 0.0853. The summed E-state index contributed by atoms with van der Waals surface area (Å²) in [5.41, 5.74) is 1.29. The SMILES string of the molecule is COc1cccc(Cn2nc3c(C(F)(F)F)cccc3c2-c2cccc(Cl)c2)c1. The second-order valence-electron chi connectivity index (χ2n) is 6.57. The van der Waals surface area contributed by atoms with Crippen LogP contribution in [0.1, 0.15) is 11.1 Å². The van der Waals surface area contributed by atoms with Gasteiger partial charge in [-0.3, -0.25) is 4.68 Å². The molecule has 1 heterocycles. The van der Waals surface area contributed by atoms with Crippen molar-refractivity contribution in [2.75, 3.05) is 7.11 Å². The summed E-state index contributed by atoms with van der Waals surface area (Å²) in [5.74, 6) is 0.666. The van der Waals surface area contributed by atoms with Crippen molar-refractivity contribution in [1.82, 2.24) is 9.78 Å². The summed E-state index contributed by atoms with van der Waals surface area (Å²) < 4.78 is 47.5. The Labute approximate surface area is 170 Å². The summed E-state index contributed by atoms with van der Waals surface area (Å²) in [4.78, 5) is 0. The molecule has 0 aliphatic rings. The molecule has 0 radical (unpaired) electrons. The number of hydrogen-bond acceptors (Lipinski definition) is 2. The lowest BCUT2D eigenvalue weighted by Gasteiger charge is -2.10. The van der Waals surface area contributed by atoms with E-state index < -0.39 is 11.7 Å². The van der Waals surface area contributed by atoms with Crippen molar-refractivity contribution in [3.8, 4) is 17.0 Å². The molecule has 0 amide bonds. The third-order valence-electron chi connectivity index (χ3n) is 4.64. The molecule has 1 aromatic heterocycles. The predicted molar refractivity (Wildman–Crippen MR) is 107 cm³/mol. The summed E-state index contributed by atoms with van der Waals surface area (Å²) in [6, 6.07) is 18.5. The van der Waals surface area contributed by atoms with Gasteiger partial charge in [0.2, 0.25) is 0 Å². The van der Waals surface area contributed by atoms with E-state index in [-0.39, 0.29) is 12.1 Å². The molecule has 7 heteroatoms. The summed E-state index contributed by atoms with van der Waals surface area (Å²) >= 11 is 6.14. The molecule has 29 heavy (non-hydrogen) atoms. The number of hydrogen-bond donors (Lipinski definition) is 0. The number of nitrogens with zero attached hydrogens (tertiary/aromatic N) is 2. The van der Waals surface area contributed by atoms with Gasteiger partial charge in [0, 0.05) is 16.0 Å². The maximum atomic E-state index is 13.6. The molecule has 3 nitrogen and oxygen atoms in total. The molecule has 0 saturated heterocycles. The Morgan fingerprint density at radius 2 is 1.76 bits per heavy atom. The van der Waals surface area contributed by atoms with E-state index in [2.05, 4.69) is 5.10 Å². The molecule has 0 fully saturated rings. The average molecular weight is 417 g/mol. The van der Waals surface area contributed by atoms with Crippen LogP contribution < -0.4 is 4.74 Å². The normalized spacial score (nSPS) is 11.8. The van der Waals surface area contributed by atoms with E-state index in [1.54, 1.807) is 36.1 Å². The fraction of sp³-hybridized carbons (Fsp3) is 0.136. The van der Waals surface area contributed by atoms with E-state index >= 15 is 0 Å². The van der Waals surface area contributed by atoms with Crippen molar-refractivity contribution < 1.29 is 17.9 Å². The maximum Gasteiger partial charge on any atom is 0.418 e. The molecule has 0 spiro atoms. The number of rotatable bonds is 4. The summed E-state index contributed by atoms with van der Waals surface area (Å²) in [6.45, 7) is 0.283. The van der Waals surface area contributed by atoms with E-state index in [0.29, 0.717) is 27.4 Å². The lowest BCUT2D eigenvalue weighted by atomic mass is 10.0. The fourth-order valence-electron chi connectivity index (χ4n) is 3.38. The van der Waals surface area contributed by atoms with E-state index in [9.17, 15) is 13.2 Å². The molecule has 4 aromatic rings. The van der Waals surface area contributed by atoms with Gasteiger partial charge in [0.15, 0.2) is 0 Å². The van der Waals surface area contributed by atoms with Crippen LogP contribution in [-0.2, 0) is 12.7 Å². The number of benzene rings is 3. The first-order chi connectivity index (χ1) is 13.9. The van der Waals surface area contributed by atoms with Gasteiger partial charge in [-0.25, -0.2) is 0 Å². The Bertz CT molecular complexity index is 1180. The first-order valence-electron chi connectivity index (χ1n) is 8.82. The zero-order chi connectivity index (χ0) is 20.6. The minimum atomic E-state index is -4.50. The first-order valence-corrected chi connectivity index (χ1v) is 9.20. The van der Waals surface area contributed by atoms with Crippen molar-refractivity contribution in [1.29, 1.82) is 0 Å². The molecule has 0 bridgehead atoms. The highest BCUT2D eigenvalue weighted by atomic mass is 35.5. The highest BCUT2D eigenvalue weighted by molar-refractivity contribution is 6.30. The van der Waals surface area contributed by atoms with Crippen LogP contribution in [0.2, 0.25) is 5.02 Å². The van der Waals surface area contributed by atoms with Crippen LogP contribution in [-0.4, -0.2) is 16.9 Å². The lowest BCUT2D eigenvalue weighted by Crippen LogP contribution is -2.07. The van der Waals surface area contributed by atoms with Crippen molar-refractivity contribution in [3.63, 3.8) is 0 Å². The second-order valence-corrected chi connectivity index (χ2v) is 7.00. The number of aromatic nitrogens is 2. The van der Waals surface area contributed by atoms with Crippen LogP contribution in [0.3, 0.4) is 0 Å². The monoisotopic (exact) mass is 416 g/mol. The van der Waals surface area contributed by atoms with Crippen molar-refractivity contribution >= 4 is 22.5 Å². The van der Waals surface area contributed by atoms with E-state index in [4.69, 9.17) is 16.3 Å². The Hall–Kier alpha value is -2.99. The molecule has 0 N–H and O–H groups in total. The van der Waals surface area contributed by atoms with Gasteiger partial charge >= 0.3 is 6.18 Å². The fourth-order valence-corrected chi connectivity index (χ4v) is 3.57. The molecule has 0 unspecified atom stereocenters. The lowest BCUT2D eigenvalue weighted by molar-refractivity contribution is -0.136. The molecule has 4 rings (SSSR count). The van der Waals surface area contributed by atoms with Crippen LogP contribution in [0.25, 0.3) is 22.2 Å². The number of halogens is 4. The highest BCUT2D eigenvalue weighted by Gasteiger charge is 2.34. The Morgan fingerprint density at radius 1 is 1.00 bits per heavy atom. The quantitative estimate of drug-likeness (QED) is 0.383. The molecule has 148 valence electrons. The highest BCUT2D eigenvalue weighted by Crippen LogP contribution is 2.38. The second kappa shape index (κ2) is 7.44. The zero-order valence-electron chi connectivity index (χ0n) is 15.4. The van der Waals surface area contributed by atoms with Gasteiger partial charge in [-0.05, 0) is 35.9 Å². The van der Waals surface area contributed by atoms with Crippen LogP contribution in [0, 0.1) is 0 Å². The smallest absolute Gasteiger partial charge is 0.418 e. The minimum Gasteiger partial charge on any atom is -0.497 e.